The monoisotopic (exact) mass is 460 g/mol. The molecule has 0 amide bonds. The molecular weight excluding hydrogens is 445 g/mol. The molecule has 25 heavy (non-hydrogen) atoms. The number of halogens is 2. The zero-order valence-corrected chi connectivity index (χ0v) is 18.5. The quantitative estimate of drug-likeness (QED) is 0.496. The van der Waals surface area contributed by atoms with Gasteiger partial charge in [-0.1, -0.05) is 0 Å². The molecule has 0 saturated heterocycles. The van der Waals surface area contributed by atoms with Crippen LogP contribution in [-0.2, 0) is 23.2 Å². The van der Waals surface area contributed by atoms with Crippen molar-refractivity contribution in [1.29, 1.82) is 0 Å². The van der Waals surface area contributed by atoms with Gasteiger partial charge in [-0.15, -0.1) is 0 Å². The van der Waals surface area contributed by atoms with E-state index in [0.717, 1.165) is 8.19 Å². The van der Waals surface area contributed by atoms with Gasteiger partial charge in [0.2, 0.25) is 0 Å². The average molecular weight is 462 g/mol. The Labute approximate surface area is 174 Å². The van der Waals surface area contributed by atoms with Crippen LogP contribution < -0.4 is 28.1 Å². The summed E-state index contributed by atoms with van der Waals surface area (Å²) in [5.41, 5.74) is 2.79. The molecule has 0 nitrogen and oxygen atoms in total. The van der Waals surface area contributed by atoms with Crippen LogP contribution in [-0.4, -0.2) is 0 Å². The molecule has 1 unspecified atom stereocenters. The molecule has 1 atom stereocenters. The van der Waals surface area contributed by atoms with E-state index in [1.54, 1.807) is 11.8 Å². The molecule has 0 N–H and O–H groups in total. The molecule has 0 saturated carbocycles. The third kappa shape index (κ3) is 4.87. The SMILES string of the molecule is C1=CC[C]([Zr+2][c]2cc(-c3ccccc3)[pH]c2-c2ccccc2)=C1.[Cl-].[Cl-]. The van der Waals surface area contributed by atoms with E-state index < -0.39 is 23.2 Å². The van der Waals surface area contributed by atoms with Crippen molar-refractivity contribution < 1.29 is 48.0 Å². The first-order valence-corrected chi connectivity index (χ1v) is 11.3. The van der Waals surface area contributed by atoms with E-state index in [2.05, 4.69) is 85.0 Å². The van der Waals surface area contributed by atoms with Crippen molar-refractivity contribution in [2.24, 2.45) is 0 Å². The van der Waals surface area contributed by atoms with Crippen molar-refractivity contribution in [3.05, 3.63) is 88.2 Å². The minimum absolute atomic E-state index is 0. The van der Waals surface area contributed by atoms with Gasteiger partial charge in [0.05, 0.1) is 0 Å². The summed E-state index contributed by atoms with van der Waals surface area (Å²) in [5, 5.41) is 3.09. The summed E-state index contributed by atoms with van der Waals surface area (Å²) in [7, 11) is 0.784. The second kappa shape index (κ2) is 9.75. The number of hydrogen-bond acceptors (Lipinski definition) is 0. The molecule has 3 aromatic rings. The number of hydrogen-bond donors (Lipinski definition) is 0. The fourth-order valence-corrected chi connectivity index (χ4v) is 8.40. The van der Waals surface area contributed by atoms with Gasteiger partial charge in [-0.3, -0.25) is 0 Å². The van der Waals surface area contributed by atoms with E-state index in [1.807, 2.05) is 0 Å². The summed E-state index contributed by atoms with van der Waals surface area (Å²) in [6, 6.07) is 24.3. The van der Waals surface area contributed by atoms with E-state index in [-0.39, 0.29) is 24.8 Å². The maximum absolute atomic E-state index is 2.50. The third-order valence-electron chi connectivity index (χ3n) is 4.03. The summed E-state index contributed by atoms with van der Waals surface area (Å²) < 4.78 is 3.35. The molecule has 1 aliphatic carbocycles. The average Bonchev–Trinajstić information content (AvgIpc) is 3.27. The smallest absolute Gasteiger partial charge is 1.00 e. The van der Waals surface area contributed by atoms with Gasteiger partial charge in [0.1, 0.15) is 0 Å². The van der Waals surface area contributed by atoms with Crippen molar-refractivity contribution in [3.63, 3.8) is 0 Å². The predicted octanol–water partition coefficient (Wildman–Crippen LogP) is -0.388. The van der Waals surface area contributed by atoms with Crippen molar-refractivity contribution in [1.82, 2.24) is 0 Å². The second-order valence-corrected chi connectivity index (χ2v) is 10.5. The summed E-state index contributed by atoms with van der Waals surface area (Å²) in [6.45, 7) is 0. The molecule has 124 valence electrons. The first-order valence-electron chi connectivity index (χ1n) is 7.87. The standard InChI is InChI=1S/C16H12P.C5H5.2ClH.Zr/c1-3-7-13(8-4-1)15-11-12-16(17-15)14-9-5-2-6-10-14;1-2-4-5-3-1;;;/h1-11,17H;1-3H,4H2;2*1H;/q;;;;+2/p-2. The molecule has 4 heteroatoms. The molecule has 4 rings (SSSR count). The van der Waals surface area contributed by atoms with Gasteiger partial charge in [-0.05, 0) is 0 Å². The molecule has 0 fully saturated rings. The van der Waals surface area contributed by atoms with E-state index in [1.165, 1.54) is 22.8 Å². The summed E-state index contributed by atoms with van der Waals surface area (Å²) in [4.78, 5) is 0. The van der Waals surface area contributed by atoms with Crippen molar-refractivity contribution >= 4 is 11.5 Å². The molecule has 1 heterocycles. The van der Waals surface area contributed by atoms with Gasteiger partial charge in [0.25, 0.3) is 0 Å². The molecule has 0 aliphatic heterocycles. The zero-order valence-electron chi connectivity index (χ0n) is 13.5. The Bertz CT molecular complexity index is 867. The Morgan fingerprint density at radius 1 is 0.800 bits per heavy atom. The second-order valence-electron chi connectivity index (χ2n) is 5.65. The van der Waals surface area contributed by atoms with Gasteiger partial charge in [0.15, 0.2) is 0 Å². The van der Waals surface area contributed by atoms with Crippen LogP contribution in [0.2, 0.25) is 0 Å². The first-order chi connectivity index (χ1) is 11.4. The number of rotatable bonds is 4. The summed E-state index contributed by atoms with van der Waals surface area (Å²) in [5.74, 6) is 0. The van der Waals surface area contributed by atoms with Gasteiger partial charge < -0.3 is 24.8 Å². The van der Waals surface area contributed by atoms with Crippen LogP contribution in [0.3, 0.4) is 0 Å². The Morgan fingerprint density at radius 3 is 2.04 bits per heavy atom. The topological polar surface area (TPSA) is 0 Å². The van der Waals surface area contributed by atoms with Crippen LogP contribution in [0, 0.1) is 0 Å². The van der Waals surface area contributed by atoms with E-state index in [4.69, 9.17) is 0 Å². The van der Waals surface area contributed by atoms with Crippen LogP contribution in [0.15, 0.2) is 88.2 Å². The normalized spacial score (nSPS) is 12.2. The summed E-state index contributed by atoms with van der Waals surface area (Å²) in [6.07, 6.45) is 8.03. The first kappa shape index (κ1) is 20.5. The van der Waals surface area contributed by atoms with Gasteiger partial charge in [0, 0.05) is 0 Å². The van der Waals surface area contributed by atoms with E-state index in [0.29, 0.717) is 0 Å². The van der Waals surface area contributed by atoms with Gasteiger partial charge in [-0.25, -0.2) is 0 Å². The van der Waals surface area contributed by atoms with E-state index in [9.17, 15) is 0 Å². The van der Waals surface area contributed by atoms with Gasteiger partial charge in [-0.2, -0.15) is 0 Å². The fourth-order valence-electron chi connectivity index (χ4n) is 2.87. The molecule has 0 radical (unpaired) electrons. The third-order valence-corrected chi connectivity index (χ3v) is 9.49. The maximum atomic E-state index is 2.50. The van der Waals surface area contributed by atoms with Crippen LogP contribution >= 0.6 is 8.19 Å². The maximum Gasteiger partial charge on any atom is -1.00 e. The number of benzene rings is 2. The largest absolute Gasteiger partial charge is 1.00 e. The summed E-state index contributed by atoms with van der Waals surface area (Å²) >= 11 is -0.674. The minimum Gasteiger partial charge on any atom is -1.00 e. The van der Waals surface area contributed by atoms with Crippen LogP contribution in [0.25, 0.3) is 21.7 Å². The Balaban J connectivity index is 0.00000113. The minimum atomic E-state index is -0.674. The zero-order chi connectivity index (χ0) is 15.5. The van der Waals surface area contributed by atoms with Crippen molar-refractivity contribution in [2.75, 3.05) is 0 Å². The fraction of sp³-hybridized carbons (Fsp3) is 0.0476. The van der Waals surface area contributed by atoms with Gasteiger partial charge >= 0.3 is 151 Å². The molecule has 1 aromatic heterocycles. The molecule has 0 bridgehead atoms. The molecule has 0 spiro atoms. The molecule has 1 aliphatic rings. The Kier molecular flexibility index (Phi) is 7.98. The van der Waals surface area contributed by atoms with Crippen LogP contribution in [0.5, 0.6) is 0 Å². The Morgan fingerprint density at radius 2 is 1.44 bits per heavy atom. The Hall–Kier alpha value is -0.837. The predicted molar refractivity (Wildman–Crippen MR) is 98.3 cm³/mol. The van der Waals surface area contributed by atoms with Crippen molar-refractivity contribution in [2.45, 2.75) is 6.42 Å². The molecular formula is C21H17Cl2PZr. The number of allylic oxidation sites excluding steroid dienone is 4. The van der Waals surface area contributed by atoms with Crippen LogP contribution in [0.4, 0.5) is 0 Å². The van der Waals surface area contributed by atoms with E-state index >= 15 is 0 Å². The van der Waals surface area contributed by atoms with Crippen molar-refractivity contribution in [3.8, 4) is 21.7 Å². The molecule has 2 aromatic carbocycles. The van der Waals surface area contributed by atoms with Crippen LogP contribution in [0.1, 0.15) is 6.42 Å².